The van der Waals surface area contributed by atoms with Gasteiger partial charge in [-0.3, -0.25) is 0 Å². The van der Waals surface area contributed by atoms with E-state index in [1.807, 2.05) is 38.1 Å². The maximum absolute atomic E-state index is 15.8. The zero-order chi connectivity index (χ0) is 27.4. The lowest BCUT2D eigenvalue weighted by Gasteiger charge is -2.34. The molecule has 0 atom stereocenters. The van der Waals surface area contributed by atoms with Gasteiger partial charge in [0.1, 0.15) is 5.71 Å². The van der Waals surface area contributed by atoms with Gasteiger partial charge in [0, 0.05) is 30.7 Å². The highest BCUT2D eigenvalue weighted by Crippen LogP contribution is 2.44. The lowest BCUT2D eigenvalue weighted by Crippen LogP contribution is -2.51. The number of halogens is 2. The van der Waals surface area contributed by atoms with Gasteiger partial charge in [-0.2, -0.15) is 0 Å². The van der Waals surface area contributed by atoms with E-state index in [1.54, 1.807) is 26.0 Å². The van der Waals surface area contributed by atoms with Crippen molar-refractivity contribution in [3.05, 3.63) is 75.8 Å². The molecule has 0 amide bonds. The van der Waals surface area contributed by atoms with Gasteiger partial charge >= 0.3 is 12.9 Å². The number of unbranched alkanes of at least 4 members (excludes halogenated alkanes) is 7. The minimum absolute atomic E-state index is 0.361. The summed E-state index contributed by atoms with van der Waals surface area (Å²) in [5.74, 6) is 2.31. The molecule has 3 heterocycles. The van der Waals surface area contributed by atoms with E-state index >= 15 is 8.63 Å². The van der Waals surface area contributed by atoms with Crippen molar-refractivity contribution in [2.45, 2.75) is 79.1 Å². The summed E-state index contributed by atoms with van der Waals surface area (Å²) in [5, 5.41) is 0. The number of benzene rings is 1. The summed E-state index contributed by atoms with van der Waals surface area (Å²) in [4.78, 5) is 12.6. The Hall–Kier alpha value is -3.40. The standard InChI is InChI=1S/C31H37BF2N2O2/c1-6-7-8-9-10-11-12-13-14-19-38-31(37)27-17-15-26(16-18-27)28-29-22(2)20-24(4)35(29)32(33,34)36-25(5)21-23(3)30(28)36/h1,15-18,20-21H,7-14,19H2,2-5H3. The van der Waals surface area contributed by atoms with Crippen LogP contribution in [0.4, 0.5) is 8.63 Å². The Morgan fingerprint density at radius 3 is 2.29 bits per heavy atom. The summed E-state index contributed by atoms with van der Waals surface area (Å²) < 4.78 is 39.4. The van der Waals surface area contributed by atoms with Crippen LogP contribution >= 0.6 is 0 Å². The van der Waals surface area contributed by atoms with Crippen molar-refractivity contribution in [3.63, 3.8) is 0 Å². The number of nitrogens with zero attached hydrogens (tertiary/aromatic N) is 2. The van der Waals surface area contributed by atoms with Crippen molar-refractivity contribution in [2.75, 3.05) is 6.61 Å². The van der Waals surface area contributed by atoms with Crippen molar-refractivity contribution in [2.24, 2.45) is 0 Å². The maximum Gasteiger partial charge on any atom is 0.737 e. The third kappa shape index (κ3) is 5.27. The second kappa shape index (κ2) is 11.6. The predicted octanol–water partition coefficient (Wildman–Crippen LogP) is 7.44. The van der Waals surface area contributed by atoms with Gasteiger partial charge in [0.25, 0.3) is 0 Å². The highest BCUT2D eigenvalue weighted by molar-refractivity contribution is 6.58. The summed E-state index contributed by atoms with van der Waals surface area (Å²) in [5.41, 5.74) is 5.74. The molecule has 0 radical (unpaired) electrons. The van der Waals surface area contributed by atoms with Gasteiger partial charge in [0.05, 0.1) is 17.7 Å². The Morgan fingerprint density at radius 1 is 1.00 bits per heavy atom. The number of hydrogen-bond acceptors (Lipinski definition) is 2. The van der Waals surface area contributed by atoms with Crippen LogP contribution in [0.1, 0.15) is 98.1 Å². The number of fused-ring (bicyclic) bond motifs is 2. The quantitative estimate of drug-likeness (QED) is 0.134. The molecular formula is C31H37BF2N2O2. The van der Waals surface area contributed by atoms with Crippen LogP contribution in [0.15, 0.2) is 47.7 Å². The second-order valence-electron chi connectivity index (χ2n) is 10.5. The van der Waals surface area contributed by atoms with E-state index in [9.17, 15) is 4.79 Å². The molecular weight excluding hydrogens is 481 g/mol. The minimum atomic E-state index is -4.01. The highest BCUT2D eigenvalue weighted by atomic mass is 19.2. The molecule has 2 aliphatic heterocycles. The van der Waals surface area contributed by atoms with Gasteiger partial charge < -0.3 is 22.3 Å². The first-order valence-corrected chi connectivity index (χ1v) is 13.7. The van der Waals surface area contributed by atoms with Crippen LogP contribution in [-0.4, -0.2) is 34.2 Å². The molecule has 0 aliphatic carbocycles. The second-order valence-corrected chi connectivity index (χ2v) is 10.5. The Kier molecular flexibility index (Phi) is 8.40. The largest absolute Gasteiger partial charge is 0.737 e. The molecule has 0 N–H and O–H groups in total. The fraction of sp³-hybridized carbons (Fsp3) is 0.419. The number of allylic oxidation sites excluding steroid dienone is 2. The summed E-state index contributed by atoms with van der Waals surface area (Å²) >= 11 is 0. The van der Waals surface area contributed by atoms with Crippen molar-refractivity contribution in [1.29, 1.82) is 0 Å². The number of terminal acetylenes is 1. The maximum atomic E-state index is 15.8. The number of carbonyl (C=O) groups is 1. The molecule has 1 aromatic heterocycles. The normalized spacial score (nSPS) is 15.8. The van der Waals surface area contributed by atoms with Crippen LogP contribution in [0.2, 0.25) is 0 Å². The van der Waals surface area contributed by atoms with E-state index in [0.29, 0.717) is 35.0 Å². The van der Waals surface area contributed by atoms with Gasteiger partial charge in [-0.1, -0.05) is 44.2 Å². The van der Waals surface area contributed by atoms with Crippen molar-refractivity contribution in [3.8, 4) is 12.3 Å². The first-order valence-electron chi connectivity index (χ1n) is 13.7. The van der Waals surface area contributed by atoms with Gasteiger partial charge in [-0.05, 0) is 68.6 Å². The number of hydrogen-bond donors (Lipinski definition) is 0. The monoisotopic (exact) mass is 518 g/mol. The van der Waals surface area contributed by atoms with Crippen LogP contribution < -0.4 is 0 Å². The summed E-state index contributed by atoms with van der Waals surface area (Å²) in [6.07, 6.45) is 15.6. The van der Waals surface area contributed by atoms with Crippen LogP contribution in [0.5, 0.6) is 0 Å². The molecule has 200 valence electrons. The topological polar surface area (TPSA) is 34.2 Å². The van der Waals surface area contributed by atoms with E-state index in [2.05, 4.69) is 5.92 Å². The van der Waals surface area contributed by atoms with Gasteiger partial charge in [-0.25, -0.2) is 4.79 Å². The Morgan fingerprint density at radius 2 is 1.63 bits per heavy atom. The number of carbonyl (C=O) groups excluding carboxylic acids is 1. The molecule has 0 fully saturated rings. The molecule has 7 heteroatoms. The molecule has 2 aliphatic rings. The van der Waals surface area contributed by atoms with E-state index in [1.165, 1.54) is 28.2 Å². The fourth-order valence-corrected chi connectivity index (χ4v) is 5.81. The molecule has 0 saturated carbocycles. The highest BCUT2D eigenvalue weighted by Gasteiger charge is 2.55. The minimum Gasteiger partial charge on any atom is -0.462 e. The average molecular weight is 518 g/mol. The Bertz CT molecular complexity index is 1360. The molecule has 0 spiro atoms. The van der Waals surface area contributed by atoms with Gasteiger partial charge in [-0.15, -0.1) is 12.3 Å². The molecule has 4 nitrogen and oxygen atoms in total. The van der Waals surface area contributed by atoms with E-state index in [-0.39, 0.29) is 5.97 Å². The number of rotatable bonds is 11. The van der Waals surface area contributed by atoms with E-state index in [4.69, 9.17) is 11.2 Å². The van der Waals surface area contributed by atoms with Crippen molar-refractivity contribution in [1.82, 2.24) is 4.48 Å². The smallest absolute Gasteiger partial charge is 0.462 e. The van der Waals surface area contributed by atoms with E-state index in [0.717, 1.165) is 54.4 Å². The predicted molar refractivity (Wildman–Crippen MR) is 150 cm³/mol. The van der Waals surface area contributed by atoms with E-state index < -0.39 is 6.97 Å². The summed E-state index contributed by atoms with van der Waals surface area (Å²) in [6.45, 7) is 3.57. The molecule has 0 bridgehead atoms. The lowest BCUT2D eigenvalue weighted by atomic mass is 9.83. The number of aryl methyl sites for hydroxylation is 2. The molecule has 1 aromatic carbocycles. The third-order valence-corrected chi connectivity index (χ3v) is 7.54. The number of esters is 1. The Balaban J connectivity index is 1.45. The van der Waals surface area contributed by atoms with Crippen LogP contribution in [0.25, 0.3) is 5.57 Å². The summed E-state index contributed by atoms with van der Waals surface area (Å²) in [7, 11) is 0. The number of ether oxygens (including phenoxy) is 1. The van der Waals surface area contributed by atoms with Gasteiger partial charge in [0.15, 0.2) is 5.70 Å². The molecule has 38 heavy (non-hydrogen) atoms. The SMILES string of the molecule is C#CCCCCCCCCCOC(=O)c1ccc(C2=C3C(C)=CC(C)=[N+]3[B-](F)(F)n3c(C)cc(C)c32)cc1. The van der Waals surface area contributed by atoms with Crippen molar-refractivity contribution < 1.29 is 22.6 Å². The summed E-state index contributed by atoms with van der Waals surface area (Å²) in [6, 6.07) is 8.93. The Labute approximate surface area is 225 Å². The number of aromatic nitrogens is 1. The zero-order valence-electron chi connectivity index (χ0n) is 22.9. The molecule has 2 aromatic rings. The van der Waals surface area contributed by atoms with Crippen LogP contribution in [0.3, 0.4) is 0 Å². The molecule has 0 unspecified atom stereocenters. The first kappa shape index (κ1) is 27.6. The van der Waals surface area contributed by atoms with Crippen LogP contribution in [0, 0.1) is 26.2 Å². The molecule has 0 saturated heterocycles. The average Bonchev–Trinajstić information content (AvgIpc) is 3.35. The lowest BCUT2D eigenvalue weighted by molar-refractivity contribution is -0.363. The van der Waals surface area contributed by atoms with Crippen LogP contribution in [-0.2, 0) is 4.74 Å². The first-order chi connectivity index (χ1) is 18.2. The van der Waals surface area contributed by atoms with Crippen molar-refractivity contribution >= 4 is 24.2 Å². The zero-order valence-corrected chi connectivity index (χ0v) is 22.9. The molecule has 4 rings (SSSR count). The third-order valence-electron chi connectivity index (χ3n) is 7.54. The van der Waals surface area contributed by atoms with Gasteiger partial charge in [0.2, 0.25) is 0 Å². The fourth-order valence-electron chi connectivity index (χ4n) is 5.81.